The highest BCUT2D eigenvalue weighted by atomic mass is 19.1. The van der Waals surface area contributed by atoms with Crippen LogP contribution in [0.5, 0.6) is 0 Å². The van der Waals surface area contributed by atoms with E-state index in [1.807, 2.05) is 49.9 Å². The van der Waals surface area contributed by atoms with Crippen molar-refractivity contribution in [3.05, 3.63) is 53.3 Å². The summed E-state index contributed by atoms with van der Waals surface area (Å²) in [6.45, 7) is 6.88. The molecule has 0 unspecified atom stereocenters. The number of aliphatic imine (C=N–C) groups is 1. The molecule has 0 aromatic heterocycles. The van der Waals surface area contributed by atoms with Crippen LogP contribution < -0.4 is 4.90 Å². The van der Waals surface area contributed by atoms with Gasteiger partial charge in [0.15, 0.2) is 5.82 Å². The molecule has 0 fully saturated rings. The van der Waals surface area contributed by atoms with Crippen LogP contribution in [0, 0.1) is 19.7 Å². The van der Waals surface area contributed by atoms with Gasteiger partial charge < -0.3 is 9.80 Å². The molecule has 2 aromatic carbocycles. The van der Waals surface area contributed by atoms with Crippen LogP contribution in [-0.4, -0.2) is 31.9 Å². The van der Waals surface area contributed by atoms with Gasteiger partial charge in [0.1, 0.15) is 5.69 Å². The number of rotatable bonds is 5. The molecule has 0 saturated carbocycles. The Balaban J connectivity index is 2.32. The third-order valence-corrected chi connectivity index (χ3v) is 3.94. The van der Waals surface area contributed by atoms with E-state index < -0.39 is 0 Å². The minimum absolute atomic E-state index is 0.315. The normalized spacial score (nSPS) is 11.0. The molecule has 0 aliphatic rings. The van der Waals surface area contributed by atoms with Gasteiger partial charge in [-0.25, -0.2) is 9.38 Å². The fourth-order valence-corrected chi connectivity index (χ4v) is 2.27. The molecular weight excluding hydrogens is 289 g/mol. The fourth-order valence-electron chi connectivity index (χ4n) is 2.27. The van der Waals surface area contributed by atoms with Gasteiger partial charge >= 0.3 is 0 Å². The number of benzene rings is 2. The van der Waals surface area contributed by atoms with E-state index in [0.29, 0.717) is 5.69 Å². The molecule has 0 aliphatic heterocycles. The highest BCUT2D eigenvalue weighted by Crippen LogP contribution is 2.31. The average Bonchev–Trinajstić information content (AvgIpc) is 2.55. The molecular formula is C19H24FN3. The van der Waals surface area contributed by atoms with E-state index in [0.717, 1.165) is 23.5 Å². The van der Waals surface area contributed by atoms with Gasteiger partial charge in [-0.15, -0.1) is 0 Å². The molecule has 0 amide bonds. The maximum atomic E-state index is 14.4. The molecule has 3 nitrogen and oxygen atoms in total. The van der Waals surface area contributed by atoms with Crippen molar-refractivity contribution < 1.29 is 4.39 Å². The van der Waals surface area contributed by atoms with E-state index in [1.165, 1.54) is 5.56 Å². The second-order valence-corrected chi connectivity index (χ2v) is 5.80. The predicted molar refractivity (Wildman–Crippen MR) is 96.8 cm³/mol. The van der Waals surface area contributed by atoms with Gasteiger partial charge in [0.2, 0.25) is 0 Å². The fraction of sp³-hybridized carbons (Fsp3) is 0.316. The second kappa shape index (κ2) is 7.27. The van der Waals surface area contributed by atoms with E-state index in [9.17, 15) is 4.39 Å². The lowest BCUT2D eigenvalue weighted by molar-refractivity contribution is 0.551. The van der Waals surface area contributed by atoms with E-state index in [-0.39, 0.29) is 5.82 Å². The predicted octanol–water partition coefficient (Wildman–Crippen LogP) is 4.82. The molecule has 122 valence electrons. The summed E-state index contributed by atoms with van der Waals surface area (Å²) in [7, 11) is 3.86. The summed E-state index contributed by atoms with van der Waals surface area (Å²) in [6, 6.07) is 11.5. The molecule has 2 aromatic rings. The standard InChI is InChI=1S/C19H24FN3/c1-6-22(4)13-21-18-11-15(3)19(12-17(18)20)23(5)16-9-7-14(2)8-10-16/h7-13H,6H2,1-5H3. The zero-order chi connectivity index (χ0) is 17.0. The second-order valence-electron chi connectivity index (χ2n) is 5.80. The number of hydrogen-bond acceptors (Lipinski definition) is 2. The molecule has 0 bridgehead atoms. The largest absolute Gasteiger partial charge is 0.366 e. The first-order valence-electron chi connectivity index (χ1n) is 7.77. The van der Waals surface area contributed by atoms with Crippen LogP contribution in [0.25, 0.3) is 0 Å². The van der Waals surface area contributed by atoms with Crippen molar-refractivity contribution in [2.24, 2.45) is 4.99 Å². The third kappa shape index (κ3) is 4.09. The van der Waals surface area contributed by atoms with Crippen LogP contribution in [-0.2, 0) is 0 Å². The number of anilines is 2. The van der Waals surface area contributed by atoms with E-state index in [1.54, 1.807) is 18.5 Å². The highest BCUT2D eigenvalue weighted by molar-refractivity contribution is 5.70. The Kier molecular flexibility index (Phi) is 5.37. The minimum atomic E-state index is -0.315. The quantitative estimate of drug-likeness (QED) is 0.582. The van der Waals surface area contributed by atoms with Crippen molar-refractivity contribution in [3.63, 3.8) is 0 Å². The van der Waals surface area contributed by atoms with Gasteiger partial charge in [-0.3, -0.25) is 0 Å². The molecule has 23 heavy (non-hydrogen) atoms. The third-order valence-electron chi connectivity index (χ3n) is 3.94. The van der Waals surface area contributed by atoms with Crippen molar-refractivity contribution in [2.45, 2.75) is 20.8 Å². The molecule has 0 atom stereocenters. The van der Waals surface area contributed by atoms with Crippen LogP contribution in [0.2, 0.25) is 0 Å². The first-order chi connectivity index (χ1) is 10.9. The number of halogens is 1. The zero-order valence-corrected chi connectivity index (χ0v) is 14.5. The van der Waals surface area contributed by atoms with E-state index in [2.05, 4.69) is 24.0 Å². The Labute approximate surface area is 138 Å². The highest BCUT2D eigenvalue weighted by Gasteiger charge is 2.11. The summed E-state index contributed by atoms with van der Waals surface area (Å²) in [6.07, 6.45) is 1.65. The molecule has 0 radical (unpaired) electrons. The maximum Gasteiger partial charge on any atom is 0.150 e. The van der Waals surface area contributed by atoms with Gasteiger partial charge in [-0.05, 0) is 44.5 Å². The van der Waals surface area contributed by atoms with Gasteiger partial charge in [0, 0.05) is 38.1 Å². The lowest BCUT2D eigenvalue weighted by atomic mass is 10.1. The molecule has 0 heterocycles. The summed E-state index contributed by atoms with van der Waals surface area (Å²) < 4.78 is 14.4. The summed E-state index contributed by atoms with van der Waals surface area (Å²) in [4.78, 5) is 8.12. The summed E-state index contributed by atoms with van der Waals surface area (Å²) in [5, 5.41) is 0. The van der Waals surface area contributed by atoms with Crippen molar-refractivity contribution in [3.8, 4) is 0 Å². The van der Waals surface area contributed by atoms with Gasteiger partial charge in [-0.2, -0.15) is 0 Å². The Morgan fingerprint density at radius 3 is 2.35 bits per heavy atom. The number of aryl methyl sites for hydroxylation is 2. The first kappa shape index (κ1) is 17.0. The van der Waals surface area contributed by atoms with Crippen molar-refractivity contribution in [1.29, 1.82) is 0 Å². The van der Waals surface area contributed by atoms with Crippen molar-refractivity contribution in [2.75, 3.05) is 25.5 Å². The van der Waals surface area contributed by atoms with E-state index in [4.69, 9.17) is 0 Å². The number of nitrogens with zero attached hydrogens (tertiary/aromatic N) is 3. The van der Waals surface area contributed by atoms with Gasteiger partial charge in [0.05, 0.1) is 6.34 Å². The van der Waals surface area contributed by atoms with Crippen LogP contribution in [0.15, 0.2) is 41.4 Å². The molecule has 2 rings (SSSR count). The van der Waals surface area contributed by atoms with Crippen LogP contribution in [0.3, 0.4) is 0 Å². The Hall–Kier alpha value is -2.36. The Bertz CT molecular complexity index is 693. The topological polar surface area (TPSA) is 18.8 Å². The number of hydrogen-bond donors (Lipinski definition) is 0. The molecule has 0 aliphatic carbocycles. The monoisotopic (exact) mass is 313 g/mol. The van der Waals surface area contributed by atoms with Crippen LogP contribution >= 0.6 is 0 Å². The van der Waals surface area contributed by atoms with Crippen LogP contribution in [0.4, 0.5) is 21.5 Å². The van der Waals surface area contributed by atoms with Gasteiger partial charge in [0.25, 0.3) is 0 Å². The lowest BCUT2D eigenvalue weighted by Crippen LogP contribution is -2.14. The molecule has 0 saturated heterocycles. The smallest absolute Gasteiger partial charge is 0.150 e. The first-order valence-corrected chi connectivity index (χ1v) is 7.77. The molecule has 4 heteroatoms. The Morgan fingerprint density at radius 1 is 1.09 bits per heavy atom. The SMILES string of the molecule is CCN(C)C=Nc1cc(C)c(N(C)c2ccc(C)cc2)cc1F. The summed E-state index contributed by atoms with van der Waals surface area (Å²) >= 11 is 0. The molecule has 0 spiro atoms. The van der Waals surface area contributed by atoms with E-state index >= 15 is 0 Å². The van der Waals surface area contributed by atoms with Crippen molar-refractivity contribution in [1.82, 2.24) is 4.90 Å². The van der Waals surface area contributed by atoms with Crippen molar-refractivity contribution >= 4 is 23.4 Å². The minimum Gasteiger partial charge on any atom is -0.366 e. The zero-order valence-electron chi connectivity index (χ0n) is 14.5. The summed E-state index contributed by atoms with van der Waals surface area (Å²) in [5.41, 5.74) is 4.42. The lowest BCUT2D eigenvalue weighted by Gasteiger charge is -2.22. The Morgan fingerprint density at radius 2 is 1.74 bits per heavy atom. The molecule has 0 N–H and O–H groups in total. The summed E-state index contributed by atoms with van der Waals surface area (Å²) in [5.74, 6) is -0.315. The van der Waals surface area contributed by atoms with Gasteiger partial charge in [-0.1, -0.05) is 17.7 Å². The average molecular weight is 313 g/mol. The van der Waals surface area contributed by atoms with Crippen LogP contribution in [0.1, 0.15) is 18.1 Å². The maximum absolute atomic E-state index is 14.4.